The summed E-state index contributed by atoms with van der Waals surface area (Å²) in [6, 6.07) is 4.30. The number of carbonyl (C=O) groups is 1. The second kappa shape index (κ2) is 6.06. The smallest absolute Gasteiger partial charge is 0.294 e. The largest absolute Gasteiger partial charge is 0.372 e. The first-order chi connectivity index (χ1) is 9.93. The van der Waals surface area contributed by atoms with Crippen LogP contribution in [0.25, 0.3) is 0 Å². The van der Waals surface area contributed by atoms with Crippen LogP contribution in [-0.4, -0.2) is 41.0 Å². The van der Waals surface area contributed by atoms with Crippen molar-refractivity contribution < 1.29 is 14.5 Å². The van der Waals surface area contributed by atoms with Gasteiger partial charge in [0.05, 0.1) is 22.7 Å². The first kappa shape index (κ1) is 15.2. The average molecular weight is 294 g/mol. The van der Waals surface area contributed by atoms with Gasteiger partial charge in [-0.15, -0.1) is 0 Å². The normalized spacial score (nSPS) is 22.0. The lowest BCUT2D eigenvalue weighted by Crippen LogP contribution is -2.48. The number of benzene rings is 1. The van der Waals surface area contributed by atoms with Crippen molar-refractivity contribution in [2.75, 3.05) is 18.5 Å². The molecule has 1 aliphatic rings. The Morgan fingerprint density at radius 3 is 2.57 bits per heavy atom. The fourth-order valence-electron chi connectivity index (χ4n) is 2.54. The number of nitrogen functional groups attached to an aromatic ring is 1. The number of hydrazine groups is 1. The third-order valence-electron chi connectivity index (χ3n) is 3.32. The molecule has 0 spiro atoms. The second-order valence-electron chi connectivity index (χ2n) is 5.07. The van der Waals surface area contributed by atoms with Crippen LogP contribution in [0.2, 0.25) is 0 Å². The molecule has 21 heavy (non-hydrogen) atoms. The van der Waals surface area contributed by atoms with Gasteiger partial charge in [-0.25, -0.2) is 0 Å². The summed E-state index contributed by atoms with van der Waals surface area (Å²) in [4.78, 5) is 24.6. The number of rotatable bonds is 3. The van der Waals surface area contributed by atoms with E-state index in [1.807, 2.05) is 13.8 Å². The molecule has 0 aliphatic carbocycles. The lowest BCUT2D eigenvalue weighted by molar-refractivity contribution is -0.384. The van der Waals surface area contributed by atoms with Gasteiger partial charge in [0.25, 0.3) is 11.6 Å². The Morgan fingerprint density at radius 1 is 1.43 bits per heavy atom. The molecule has 0 saturated carbocycles. The minimum absolute atomic E-state index is 0.0271. The predicted molar refractivity (Wildman–Crippen MR) is 76.8 cm³/mol. The lowest BCUT2D eigenvalue weighted by Gasteiger charge is -2.35. The van der Waals surface area contributed by atoms with Crippen molar-refractivity contribution in [3.8, 4) is 0 Å². The maximum absolute atomic E-state index is 12.6. The highest BCUT2D eigenvalue weighted by molar-refractivity contribution is 6.01. The molecule has 2 rings (SSSR count). The van der Waals surface area contributed by atoms with Gasteiger partial charge in [-0.2, -0.15) is 0 Å². The van der Waals surface area contributed by atoms with Crippen molar-refractivity contribution in [2.24, 2.45) is 5.84 Å². The van der Waals surface area contributed by atoms with Crippen molar-refractivity contribution in [3.63, 3.8) is 0 Å². The van der Waals surface area contributed by atoms with Crippen molar-refractivity contribution in [3.05, 3.63) is 33.9 Å². The van der Waals surface area contributed by atoms with Crippen molar-refractivity contribution in [2.45, 2.75) is 26.1 Å². The molecule has 1 heterocycles. The zero-order chi connectivity index (χ0) is 15.6. The van der Waals surface area contributed by atoms with Gasteiger partial charge < -0.3 is 15.1 Å². The fraction of sp³-hybridized carbons (Fsp3) is 0.462. The number of anilines is 1. The van der Waals surface area contributed by atoms with Crippen LogP contribution < -0.4 is 11.3 Å². The van der Waals surface area contributed by atoms with E-state index in [1.165, 1.54) is 18.2 Å². The average Bonchev–Trinajstić information content (AvgIpc) is 2.44. The quantitative estimate of drug-likeness (QED) is 0.491. The van der Waals surface area contributed by atoms with Gasteiger partial charge in [0.1, 0.15) is 5.69 Å². The zero-order valence-corrected chi connectivity index (χ0v) is 11.9. The number of ether oxygens (including phenoxy) is 1. The standard InChI is InChI=1S/C13H18N4O4/c1-8-6-16(7-9(2)21-8)13(18)10-4-3-5-11(17(19)20)12(10)15-14/h3-5,8-9,15H,6-7,14H2,1-2H3. The Morgan fingerprint density at radius 2 is 2.05 bits per heavy atom. The van der Waals surface area contributed by atoms with E-state index in [2.05, 4.69) is 5.43 Å². The number of carbonyl (C=O) groups excluding carboxylic acids is 1. The Bertz CT molecular complexity index is 553. The van der Waals surface area contributed by atoms with E-state index >= 15 is 0 Å². The molecular weight excluding hydrogens is 276 g/mol. The molecule has 1 amide bonds. The van der Waals surface area contributed by atoms with Crippen LogP contribution in [0.3, 0.4) is 0 Å². The van der Waals surface area contributed by atoms with Crippen LogP contribution in [0.15, 0.2) is 18.2 Å². The molecule has 2 atom stereocenters. The molecule has 8 nitrogen and oxygen atoms in total. The molecule has 1 aliphatic heterocycles. The molecule has 1 aromatic carbocycles. The van der Waals surface area contributed by atoms with Crippen LogP contribution in [0.4, 0.5) is 11.4 Å². The molecule has 3 N–H and O–H groups in total. The monoisotopic (exact) mass is 294 g/mol. The molecular formula is C13H18N4O4. The third-order valence-corrected chi connectivity index (χ3v) is 3.32. The summed E-state index contributed by atoms with van der Waals surface area (Å²) >= 11 is 0. The molecule has 1 saturated heterocycles. The number of nitrogens with one attached hydrogen (secondary N) is 1. The molecule has 114 valence electrons. The maximum atomic E-state index is 12.6. The van der Waals surface area contributed by atoms with Crippen LogP contribution in [0.1, 0.15) is 24.2 Å². The van der Waals surface area contributed by atoms with Gasteiger partial charge in [0.2, 0.25) is 0 Å². The number of amides is 1. The van der Waals surface area contributed by atoms with Crippen LogP contribution in [0, 0.1) is 10.1 Å². The maximum Gasteiger partial charge on any atom is 0.294 e. The zero-order valence-electron chi connectivity index (χ0n) is 11.9. The fourth-order valence-corrected chi connectivity index (χ4v) is 2.54. The van der Waals surface area contributed by atoms with Crippen molar-refractivity contribution in [1.82, 2.24) is 4.90 Å². The van der Waals surface area contributed by atoms with E-state index in [9.17, 15) is 14.9 Å². The van der Waals surface area contributed by atoms with Crippen LogP contribution in [0.5, 0.6) is 0 Å². The molecule has 0 aromatic heterocycles. The Balaban J connectivity index is 2.35. The number of nitro benzene ring substituents is 1. The van der Waals surface area contributed by atoms with E-state index in [-0.39, 0.29) is 35.1 Å². The van der Waals surface area contributed by atoms with Crippen LogP contribution >= 0.6 is 0 Å². The molecule has 0 bridgehead atoms. The Kier molecular flexibility index (Phi) is 4.39. The van der Waals surface area contributed by atoms with Gasteiger partial charge >= 0.3 is 0 Å². The molecule has 1 fully saturated rings. The molecule has 8 heteroatoms. The number of morpholine rings is 1. The van der Waals surface area contributed by atoms with Crippen molar-refractivity contribution >= 4 is 17.3 Å². The summed E-state index contributed by atoms with van der Waals surface area (Å²) in [7, 11) is 0. The van der Waals surface area contributed by atoms with E-state index in [0.717, 1.165) is 0 Å². The summed E-state index contributed by atoms with van der Waals surface area (Å²) in [5.41, 5.74) is 2.26. The first-order valence-electron chi connectivity index (χ1n) is 6.62. The highest BCUT2D eigenvalue weighted by Crippen LogP contribution is 2.29. The minimum atomic E-state index is -0.573. The summed E-state index contributed by atoms with van der Waals surface area (Å²) in [6.45, 7) is 4.64. The second-order valence-corrected chi connectivity index (χ2v) is 5.07. The highest BCUT2D eigenvalue weighted by Gasteiger charge is 2.29. The number of para-hydroxylation sites is 1. The van der Waals surface area contributed by atoms with E-state index in [4.69, 9.17) is 10.6 Å². The van der Waals surface area contributed by atoms with Gasteiger partial charge in [-0.05, 0) is 19.9 Å². The number of hydrogen-bond donors (Lipinski definition) is 2. The van der Waals surface area contributed by atoms with E-state index in [1.54, 1.807) is 4.90 Å². The summed E-state index contributed by atoms with van der Waals surface area (Å²) in [5.74, 6) is 5.06. The Labute approximate surface area is 122 Å². The van der Waals surface area contributed by atoms with E-state index < -0.39 is 4.92 Å². The summed E-state index contributed by atoms with van der Waals surface area (Å²) in [6.07, 6.45) is -0.156. The van der Waals surface area contributed by atoms with Gasteiger partial charge in [0, 0.05) is 19.2 Å². The van der Waals surface area contributed by atoms with E-state index in [0.29, 0.717) is 13.1 Å². The summed E-state index contributed by atoms with van der Waals surface area (Å²) < 4.78 is 5.58. The topological polar surface area (TPSA) is 111 Å². The number of nitro groups is 1. The summed E-state index contributed by atoms with van der Waals surface area (Å²) in [5, 5.41) is 11.0. The van der Waals surface area contributed by atoms with Gasteiger partial charge in [-0.3, -0.25) is 20.8 Å². The number of hydrogen-bond acceptors (Lipinski definition) is 6. The SMILES string of the molecule is CC1CN(C(=O)c2cccc([N+](=O)[O-])c2NN)CC(C)O1. The van der Waals surface area contributed by atoms with Crippen LogP contribution in [-0.2, 0) is 4.74 Å². The molecule has 1 aromatic rings. The van der Waals surface area contributed by atoms with Crippen molar-refractivity contribution in [1.29, 1.82) is 0 Å². The predicted octanol–water partition coefficient (Wildman–Crippen LogP) is 1.13. The highest BCUT2D eigenvalue weighted by atomic mass is 16.6. The molecule has 0 radical (unpaired) electrons. The van der Waals surface area contributed by atoms with Gasteiger partial charge in [-0.1, -0.05) is 6.07 Å². The Hall–Kier alpha value is -2.19. The number of nitrogens with zero attached hydrogens (tertiary/aromatic N) is 2. The third kappa shape index (κ3) is 3.11. The first-order valence-corrected chi connectivity index (χ1v) is 6.62. The minimum Gasteiger partial charge on any atom is -0.372 e. The van der Waals surface area contributed by atoms with Gasteiger partial charge in [0.15, 0.2) is 0 Å². The lowest BCUT2D eigenvalue weighted by atomic mass is 10.1. The number of nitrogens with two attached hydrogens (primary N) is 1. The molecule has 2 unspecified atom stereocenters.